The third-order valence-corrected chi connectivity index (χ3v) is 3.78. The first-order valence-corrected chi connectivity index (χ1v) is 5.74. The van der Waals surface area contributed by atoms with Crippen LogP contribution >= 0.6 is 0 Å². The summed E-state index contributed by atoms with van der Waals surface area (Å²) < 4.78 is 0. The molecule has 2 saturated heterocycles. The number of hydrogen-bond acceptors (Lipinski definition) is 2. The van der Waals surface area contributed by atoms with Crippen LogP contribution < -0.4 is 0 Å². The van der Waals surface area contributed by atoms with Crippen LogP contribution in [-0.4, -0.2) is 34.1 Å². The van der Waals surface area contributed by atoms with Crippen LogP contribution in [0.2, 0.25) is 0 Å². The molecule has 1 N–H and O–H groups in total. The molecule has 0 aromatic rings. The van der Waals surface area contributed by atoms with E-state index in [0.29, 0.717) is 12.1 Å². The van der Waals surface area contributed by atoms with Crippen LogP contribution in [0.1, 0.15) is 45.4 Å². The van der Waals surface area contributed by atoms with E-state index in [1.54, 1.807) is 0 Å². The van der Waals surface area contributed by atoms with Crippen molar-refractivity contribution in [3.8, 4) is 0 Å². The molecule has 2 aliphatic heterocycles. The maximum Gasteiger partial charge on any atom is 0.320 e. The van der Waals surface area contributed by atoms with Crippen molar-refractivity contribution in [3.05, 3.63) is 0 Å². The summed E-state index contributed by atoms with van der Waals surface area (Å²) in [6, 6.07) is 0.900. The number of aliphatic carboxylic acids is 1. The Morgan fingerprint density at radius 3 is 2.36 bits per heavy atom. The number of fused-ring (bicyclic) bond motifs is 2. The molecule has 2 rings (SSSR count). The van der Waals surface area contributed by atoms with Crippen LogP contribution in [-0.2, 0) is 4.79 Å². The molecule has 2 fully saturated rings. The van der Waals surface area contributed by atoms with E-state index >= 15 is 0 Å². The molecular weight excluding hydrogens is 178 g/mol. The number of hydrogen-bond donors (Lipinski definition) is 1. The fraction of sp³-hybridized carbons (Fsp3) is 0.909. The number of carboxylic acid groups (broad SMARTS) is 1. The second-order valence-corrected chi connectivity index (χ2v) is 4.53. The highest BCUT2D eigenvalue weighted by Gasteiger charge is 2.42. The van der Waals surface area contributed by atoms with Crippen molar-refractivity contribution in [1.82, 2.24) is 4.90 Å². The number of piperidine rings is 1. The Hall–Kier alpha value is -0.570. The van der Waals surface area contributed by atoms with Crippen LogP contribution in [0.3, 0.4) is 0 Å². The summed E-state index contributed by atoms with van der Waals surface area (Å²) in [5.41, 5.74) is 0. The predicted molar refractivity (Wildman–Crippen MR) is 54.2 cm³/mol. The summed E-state index contributed by atoms with van der Waals surface area (Å²) in [6.45, 7) is 1.98. The normalized spacial score (nSPS) is 34.4. The molecule has 2 bridgehead atoms. The molecule has 0 aromatic heterocycles. The van der Waals surface area contributed by atoms with Crippen molar-refractivity contribution in [2.24, 2.45) is 0 Å². The molecule has 3 heteroatoms. The number of carboxylic acids is 1. The predicted octanol–water partition coefficient (Wildman–Crippen LogP) is 1.87. The largest absolute Gasteiger partial charge is 0.480 e. The molecule has 0 spiro atoms. The summed E-state index contributed by atoms with van der Waals surface area (Å²) in [5, 5.41) is 9.15. The molecule has 0 aliphatic carbocycles. The van der Waals surface area contributed by atoms with Gasteiger partial charge in [-0.3, -0.25) is 9.69 Å². The SMILES string of the molecule is CCC(C(=O)O)N1C2CCCC1CC2. The summed E-state index contributed by atoms with van der Waals surface area (Å²) in [7, 11) is 0. The summed E-state index contributed by atoms with van der Waals surface area (Å²) in [4.78, 5) is 13.4. The molecule has 0 saturated carbocycles. The van der Waals surface area contributed by atoms with Gasteiger partial charge in [0.05, 0.1) is 0 Å². The van der Waals surface area contributed by atoms with Gasteiger partial charge in [0.25, 0.3) is 0 Å². The Labute approximate surface area is 85.1 Å². The van der Waals surface area contributed by atoms with Crippen LogP contribution in [0, 0.1) is 0 Å². The summed E-state index contributed by atoms with van der Waals surface area (Å²) in [5.74, 6) is -0.633. The van der Waals surface area contributed by atoms with Crippen LogP contribution in [0.25, 0.3) is 0 Å². The highest BCUT2D eigenvalue weighted by Crippen LogP contribution is 2.37. The Bertz CT molecular complexity index is 213. The van der Waals surface area contributed by atoms with E-state index < -0.39 is 5.97 Å². The van der Waals surface area contributed by atoms with E-state index in [1.807, 2.05) is 6.92 Å². The van der Waals surface area contributed by atoms with Gasteiger partial charge in [0, 0.05) is 12.1 Å². The monoisotopic (exact) mass is 197 g/mol. The topological polar surface area (TPSA) is 40.5 Å². The molecule has 2 heterocycles. The molecule has 0 aromatic carbocycles. The number of nitrogens with zero attached hydrogens (tertiary/aromatic N) is 1. The molecule has 2 aliphatic rings. The molecular formula is C11H19NO2. The zero-order chi connectivity index (χ0) is 10.1. The van der Waals surface area contributed by atoms with E-state index in [-0.39, 0.29) is 6.04 Å². The van der Waals surface area contributed by atoms with Crippen molar-refractivity contribution in [3.63, 3.8) is 0 Å². The van der Waals surface area contributed by atoms with Gasteiger partial charge in [-0.05, 0) is 32.1 Å². The average molecular weight is 197 g/mol. The van der Waals surface area contributed by atoms with Crippen LogP contribution in [0.15, 0.2) is 0 Å². The zero-order valence-corrected chi connectivity index (χ0v) is 8.78. The fourth-order valence-electron chi connectivity index (χ4n) is 3.18. The third-order valence-electron chi connectivity index (χ3n) is 3.78. The lowest BCUT2D eigenvalue weighted by Gasteiger charge is -2.38. The van der Waals surface area contributed by atoms with Crippen molar-refractivity contribution < 1.29 is 9.90 Å². The van der Waals surface area contributed by atoms with Crippen LogP contribution in [0.5, 0.6) is 0 Å². The number of carbonyl (C=O) groups is 1. The van der Waals surface area contributed by atoms with Gasteiger partial charge in [0.2, 0.25) is 0 Å². The van der Waals surface area contributed by atoms with E-state index in [4.69, 9.17) is 5.11 Å². The quantitative estimate of drug-likeness (QED) is 0.750. The van der Waals surface area contributed by atoms with Crippen molar-refractivity contribution in [2.45, 2.75) is 63.6 Å². The van der Waals surface area contributed by atoms with Gasteiger partial charge in [-0.1, -0.05) is 13.3 Å². The Balaban J connectivity index is 2.12. The standard InChI is InChI=1S/C11H19NO2/c1-2-10(11(13)14)12-8-4-3-5-9(12)7-6-8/h8-10H,2-7H2,1H3,(H,13,14). The Morgan fingerprint density at radius 1 is 1.36 bits per heavy atom. The van der Waals surface area contributed by atoms with Gasteiger partial charge in [0.15, 0.2) is 0 Å². The number of rotatable bonds is 3. The minimum Gasteiger partial charge on any atom is -0.480 e. The van der Waals surface area contributed by atoms with Gasteiger partial charge >= 0.3 is 5.97 Å². The lowest BCUT2D eigenvalue weighted by Crippen LogP contribution is -2.49. The highest BCUT2D eigenvalue weighted by molar-refractivity contribution is 5.73. The minimum absolute atomic E-state index is 0.229. The maximum atomic E-state index is 11.1. The van der Waals surface area contributed by atoms with Gasteiger partial charge in [0.1, 0.15) is 6.04 Å². The van der Waals surface area contributed by atoms with E-state index in [1.165, 1.54) is 32.1 Å². The van der Waals surface area contributed by atoms with E-state index in [2.05, 4.69) is 4.90 Å². The van der Waals surface area contributed by atoms with Gasteiger partial charge in [-0.15, -0.1) is 0 Å². The molecule has 3 atom stereocenters. The van der Waals surface area contributed by atoms with Gasteiger partial charge in [-0.25, -0.2) is 0 Å². The first-order chi connectivity index (χ1) is 6.74. The minimum atomic E-state index is -0.633. The lowest BCUT2D eigenvalue weighted by molar-refractivity contribution is -0.145. The highest BCUT2D eigenvalue weighted by atomic mass is 16.4. The second-order valence-electron chi connectivity index (χ2n) is 4.53. The van der Waals surface area contributed by atoms with Crippen molar-refractivity contribution in [1.29, 1.82) is 0 Å². The first kappa shape index (κ1) is 9.97. The third kappa shape index (κ3) is 1.54. The molecule has 3 nitrogen and oxygen atoms in total. The lowest BCUT2D eigenvalue weighted by atomic mass is 9.99. The molecule has 14 heavy (non-hydrogen) atoms. The first-order valence-electron chi connectivity index (χ1n) is 5.74. The van der Waals surface area contributed by atoms with Crippen LogP contribution in [0.4, 0.5) is 0 Å². The van der Waals surface area contributed by atoms with Crippen molar-refractivity contribution in [2.75, 3.05) is 0 Å². The average Bonchev–Trinajstić information content (AvgIpc) is 2.42. The maximum absolute atomic E-state index is 11.1. The van der Waals surface area contributed by atoms with E-state index in [0.717, 1.165) is 6.42 Å². The smallest absolute Gasteiger partial charge is 0.320 e. The summed E-state index contributed by atoms with van der Waals surface area (Å²) >= 11 is 0. The Morgan fingerprint density at radius 2 is 1.93 bits per heavy atom. The van der Waals surface area contributed by atoms with Gasteiger partial charge in [-0.2, -0.15) is 0 Å². The second kappa shape index (κ2) is 3.89. The zero-order valence-electron chi connectivity index (χ0n) is 8.78. The molecule has 0 amide bonds. The van der Waals surface area contributed by atoms with E-state index in [9.17, 15) is 4.79 Å². The molecule has 0 radical (unpaired) electrons. The van der Waals surface area contributed by atoms with Crippen molar-refractivity contribution >= 4 is 5.97 Å². The Kier molecular flexibility index (Phi) is 2.77. The molecule has 3 unspecified atom stereocenters. The molecule has 80 valence electrons. The van der Waals surface area contributed by atoms with Gasteiger partial charge < -0.3 is 5.11 Å². The fourth-order valence-corrected chi connectivity index (χ4v) is 3.18. The summed E-state index contributed by atoms with van der Waals surface area (Å²) in [6.07, 6.45) is 6.88.